The molecule has 0 atom stereocenters. The van der Waals surface area contributed by atoms with Gasteiger partial charge >= 0.3 is 49.7 Å². The molecule has 0 aliphatic heterocycles. The van der Waals surface area contributed by atoms with E-state index in [1.807, 2.05) is 0 Å². The van der Waals surface area contributed by atoms with Gasteiger partial charge in [-0.05, 0) is 0 Å². The second-order valence-corrected chi connectivity index (χ2v) is 6.55. The first kappa shape index (κ1) is 19.3. The summed E-state index contributed by atoms with van der Waals surface area (Å²) >= 11 is 0. The largest absolute Gasteiger partial charge is 1.00 e. The number of imidazole rings is 1. The molecule has 0 saturated carbocycles. The fraction of sp³-hybridized carbons (Fsp3) is 0.400. The number of hydrogen-bond donors (Lipinski definition) is 0. The molecule has 0 amide bonds. The van der Waals surface area contributed by atoms with Crippen LogP contribution in [0.5, 0.6) is 0 Å². The van der Waals surface area contributed by atoms with Gasteiger partial charge in [-0.1, -0.05) is 0 Å². The van der Waals surface area contributed by atoms with E-state index in [4.69, 9.17) is 0 Å². The maximum atomic E-state index is 12.1. The monoisotopic (exact) mass is 340 g/mol. The Hall–Kier alpha value is -0.713. The van der Waals surface area contributed by atoms with E-state index in [2.05, 4.69) is 4.98 Å². The molecular weight excluding hydrogens is 337 g/mol. The Morgan fingerprint density at radius 3 is 1.80 bits per heavy atom. The van der Waals surface area contributed by atoms with Crippen molar-refractivity contribution < 1.29 is 63.5 Å². The van der Waals surface area contributed by atoms with Crippen LogP contribution in [0, 0.1) is 0 Å². The van der Waals surface area contributed by atoms with Gasteiger partial charge < -0.3 is 1.43 Å². The molecule has 1 rings (SSSR count). The fourth-order valence-corrected chi connectivity index (χ4v) is 2.85. The van der Waals surface area contributed by atoms with Crippen molar-refractivity contribution in [2.75, 3.05) is 0 Å². The van der Waals surface area contributed by atoms with E-state index in [9.17, 15) is 43.2 Å². The average Bonchev–Trinajstić information content (AvgIpc) is 2.62. The Morgan fingerprint density at radius 2 is 1.45 bits per heavy atom. The number of aromatic nitrogens is 2. The Kier molecular flexibility index (Phi) is 5.06. The van der Waals surface area contributed by atoms with Crippen LogP contribution in [0.15, 0.2) is 17.6 Å². The Morgan fingerprint density at radius 1 is 1.00 bits per heavy atom. The van der Waals surface area contributed by atoms with E-state index in [-0.39, 0.29) is 32.7 Å². The molecule has 6 nitrogen and oxygen atoms in total. The van der Waals surface area contributed by atoms with Gasteiger partial charge in [0, 0.05) is 12.4 Å². The van der Waals surface area contributed by atoms with Gasteiger partial charge in [0.1, 0.15) is 0 Å². The summed E-state index contributed by atoms with van der Waals surface area (Å²) in [5.41, 5.74) is -12.0. The first-order valence-corrected chi connectivity index (χ1v) is 6.82. The van der Waals surface area contributed by atoms with Crippen molar-refractivity contribution in [1.29, 1.82) is 0 Å². The minimum absolute atomic E-state index is 0. The van der Waals surface area contributed by atoms with E-state index < -0.39 is 40.0 Å². The van der Waals surface area contributed by atoms with Crippen LogP contribution in [0.3, 0.4) is 0 Å². The van der Waals surface area contributed by atoms with E-state index in [1.54, 1.807) is 0 Å². The quantitative estimate of drug-likeness (QED) is 0.459. The molecule has 0 spiro atoms. The normalized spacial score (nSPS) is 13.9. The Bertz CT molecular complexity index is 635. The summed E-state index contributed by atoms with van der Waals surface area (Å²) in [5, 5.41) is -2.28. The van der Waals surface area contributed by atoms with Crippen molar-refractivity contribution in [3.63, 3.8) is 0 Å². The van der Waals surface area contributed by atoms with Crippen LogP contribution in [0.1, 0.15) is 1.43 Å². The second kappa shape index (κ2) is 5.24. The topological polar surface area (TPSA) is 86.1 Å². The smallest absolute Gasteiger partial charge is 1.00 e. The molecule has 112 valence electrons. The fourth-order valence-electron chi connectivity index (χ4n) is 0.864. The number of halogens is 6. The molecule has 1 aromatic heterocycles. The van der Waals surface area contributed by atoms with Crippen LogP contribution in [0.2, 0.25) is 0 Å². The second-order valence-electron chi connectivity index (χ2n) is 2.91. The summed E-state index contributed by atoms with van der Waals surface area (Å²) in [7, 11) is -12.7. The van der Waals surface area contributed by atoms with Crippen molar-refractivity contribution in [3.05, 3.63) is 12.4 Å². The van der Waals surface area contributed by atoms with Crippen molar-refractivity contribution in [1.82, 2.24) is 8.96 Å². The van der Waals surface area contributed by atoms with Gasteiger partial charge in [0.05, 0.1) is 0 Å². The maximum absolute atomic E-state index is 12.1. The summed E-state index contributed by atoms with van der Waals surface area (Å²) in [6, 6.07) is 0. The first-order chi connectivity index (χ1) is 8.23. The van der Waals surface area contributed by atoms with Gasteiger partial charge in [-0.25, -0.2) is 17.4 Å². The third-order valence-corrected chi connectivity index (χ3v) is 4.58. The van der Waals surface area contributed by atoms with Crippen LogP contribution in [-0.4, -0.2) is 36.8 Å². The summed E-state index contributed by atoms with van der Waals surface area (Å²) in [6.45, 7) is 0. The Balaban J connectivity index is 0. The summed E-state index contributed by atoms with van der Waals surface area (Å²) < 4.78 is 115. The number of alkyl halides is 6. The van der Waals surface area contributed by atoms with E-state index >= 15 is 0 Å². The number of sulfone groups is 1. The summed E-state index contributed by atoms with van der Waals surface area (Å²) in [4.78, 5) is 2.51. The van der Waals surface area contributed by atoms with Crippen molar-refractivity contribution in [3.8, 4) is 0 Å². The molecule has 15 heteroatoms. The molecule has 0 bridgehead atoms. The van der Waals surface area contributed by atoms with Crippen LogP contribution >= 0.6 is 0 Å². The molecule has 0 unspecified atom stereocenters. The van der Waals surface area contributed by atoms with Crippen LogP contribution in [0.4, 0.5) is 26.3 Å². The van der Waals surface area contributed by atoms with Crippen LogP contribution in [0.25, 0.3) is 0 Å². The van der Waals surface area contributed by atoms with Crippen LogP contribution < -0.4 is 18.9 Å². The molecule has 0 radical (unpaired) electrons. The van der Waals surface area contributed by atoms with Crippen molar-refractivity contribution >= 4 is 19.9 Å². The molecule has 0 fully saturated rings. The molecule has 1 aromatic rings. The number of hydrogen-bond acceptors (Lipinski definition) is 5. The zero-order valence-corrected chi connectivity index (χ0v) is 10.9. The molecule has 0 saturated heterocycles. The zero-order valence-electron chi connectivity index (χ0n) is 10.3. The molecule has 0 aliphatic rings. The van der Waals surface area contributed by atoms with E-state index in [0.717, 1.165) is 0 Å². The molecule has 0 aliphatic carbocycles. The van der Waals surface area contributed by atoms with Gasteiger partial charge in [0.15, 0.2) is 0 Å². The van der Waals surface area contributed by atoms with E-state index in [0.29, 0.717) is 0 Å². The van der Waals surface area contributed by atoms with Gasteiger partial charge in [0.2, 0.25) is 0 Å². The standard InChI is InChI=1S/C5H2F6N2O4S2.Li.H/c6-4(7,8)18(14,15)3-12-1-2-13(3)19(16,17)5(9,10)11;;/h1-2H;;/q;+1;-1. The molecule has 1 heterocycles. The third kappa shape index (κ3) is 2.97. The first-order valence-electron chi connectivity index (χ1n) is 3.89. The van der Waals surface area contributed by atoms with Crippen molar-refractivity contribution in [2.24, 2.45) is 0 Å². The van der Waals surface area contributed by atoms with Crippen LogP contribution in [-0.2, 0) is 19.9 Å². The molecule has 0 N–H and O–H groups in total. The Labute approximate surface area is 121 Å². The minimum Gasteiger partial charge on any atom is -1.00 e. The molecule has 0 aromatic carbocycles. The maximum Gasteiger partial charge on any atom is 1.00 e. The zero-order chi connectivity index (χ0) is 15.3. The van der Waals surface area contributed by atoms with Gasteiger partial charge in [-0.15, -0.1) is 0 Å². The number of nitrogens with zero attached hydrogens (tertiary/aromatic N) is 2. The van der Waals surface area contributed by atoms with E-state index in [1.165, 1.54) is 0 Å². The molecular formula is C5H3F6LiN2O4S2. The number of rotatable bonds is 2. The van der Waals surface area contributed by atoms with Gasteiger partial charge in [0.25, 0.3) is 5.16 Å². The van der Waals surface area contributed by atoms with Gasteiger partial charge in [-0.2, -0.15) is 34.8 Å². The average molecular weight is 340 g/mol. The molecule has 20 heavy (non-hydrogen) atoms. The summed E-state index contributed by atoms with van der Waals surface area (Å²) in [5.74, 6) is 0. The predicted octanol–water partition coefficient (Wildman–Crippen LogP) is -2.01. The third-order valence-electron chi connectivity index (χ3n) is 1.67. The van der Waals surface area contributed by atoms with Gasteiger partial charge in [-0.3, -0.25) is 0 Å². The minimum atomic E-state index is -6.33. The SMILES string of the molecule is O=S(=O)(c1nccn1S(=O)(=O)C(F)(F)F)C(F)(F)F.[H-].[Li+]. The summed E-state index contributed by atoms with van der Waals surface area (Å²) in [6.07, 6.45) is 0.128. The predicted molar refractivity (Wildman–Crippen MR) is 47.0 cm³/mol. The van der Waals surface area contributed by atoms with Crippen molar-refractivity contribution in [2.45, 2.75) is 16.2 Å².